The van der Waals surface area contributed by atoms with Crippen LogP contribution >= 0.6 is 0 Å². The number of carbonyl (C=O) groups excluding carboxylic acids is 1. The summed E-state index contributed by atoms with van der Waals surface area (Å²) < 4.78 is 0. The van der Waals surface area contributed by atoms with Gasteiger partial charge in [0.05, 0.1) is 0 Å². The largest absolute Gasteiger partial charge is 0.300 e. The molecule has 0 heterocycles. The highest BCUT2D eigenvalue weighted by atomic mass is 16.1. The van der Waals surface area contributed by atoms with Gasteiger partial charge < -0.3 is 0 Å². The zero-order valence-corrected chi connectivity index (χ0v) is 7.18. The maximum absolute atomic E-state index is 10.9. The Morgan fingerprint density at radius 1 is 1.64 bits per heavy atom. The lowest BCUT2D eigenvalue weighted by molar-refractivity contribution is -0.117. The van der Waals surface area contributed by atoms with Crippen molar-refractivity contribution in [2.45, 2.75) is 39.0 Å². The zero-order valence-electron chi connectivity index (χ0n) is 7.18. The predicted molar refractivity (Wildman–Crippen MR) is 46.4 cm³/mol. The van der Waals surface area contributed by atoms with Gasteiger partial charge in [-0.25, -0.2) is 0 Å². The fraction of sp³-hybridized carbons (Fsp3) is 0.700. The minimum atomic E-state index is 0.441. The minimum Gasteiger partial charge on any atom is -0.300 e. The van der Waals surface area contributed by atoms with Crippen molar-refractivity contribution in [2.75, 3.05) is 0 Å². The van der Waals surface area contributed by atoms with E-state index in [1.807, 2.05) is 0 Å². The summed E-state index contributed by atoms with van der Waals surface area (Å²) in [6.45, 7) is 2.17. The third-order valence-corrected chi connectivity index (χ3v) is 2.15. The summed E-state index contributed by atoms with van der Waals surface area (Å²) in [5.41, 5.74) is 0. The molecule has 0 spiro atoms. The molecule has 0 aliphatic heterocycles. The smallest absolute Gasteiger partial charge is 0.133 e. The van der Waals surface area contributed by atoms with Crippen molar-refractivity contribution in [3.05, 3.63) is 12.2 Å². The molecule has 1 aliphatic rings. The second-order valence-corrected chi connectivity index (χ2v) is 3.26. The van der Waals surface area contributed by atoms with Gasteiger partial charge in [-0.15, -0.1) is 0 Å². The van der Waals surface area contributed by atoms with Gasteiger partial charge in [-0.2, -0.15) is 0 Å². The van der Waals surface area contributed by atoms with E-state index in [-0.39, 0.29) is 0 Å². The topological polar surface area (TPSA) is 17.1 Å². The van der Waals surface area contributed by atoms with Crippen molar-refractivity contribution in [1.29, 1.82) is 0 Å². The van der Waals surface area contributed by atoms with E-state index in [0.29, 0.717) is 11.7 Å². The molecule has 0 bridgehead atoms. The maximum Gasteiger partial charge on any atom is 0.133 e. The van der Waals surface area contributed by atoms with Crippen LogP contribution in [0.15, 0.2) is 12.2 Å². The first-order valence-corrected chi connectivity index (χ1v) is 4.51. The normalized spacial score (nSPS) is 25.2. The van der Waals surface area contributed by atoms with Gasteiger partial charge in [-0.1, -0.05) is 25.5 Å². The highest BCUT2D eigenvalue weighted by molar-refractivity contribution is 5.80. The molecular weight excluding hydrogens is 136 g/mol. The maximum atomic E-state index is 10.9. The Kier molecular flexibility index (Phi) is 3.34. The Hall–Kier alpha value is -0.590. The van der Waals surface area contributed by atoms with Crippen molar-refractivity contribution in [3.8, 4) is 0 Å². The molecule has 1 unspecified atom stereocenters. The zero-order chi connectivity index (χ0) is 8.10. The third-order valence-electron chi connectivity index (χ3n) is 2.15. The van der Waals surface area contributed by atoms with Crippen LogP contribution in [-0.4, -0.2) is 5.78 Å². The molecule has 0 aromatic heterocycles. The Morgan fingerprint density at radius 3 is 3.00 bits per heavy atom. The summed E-state index contributed by atoms with van der Waals surface area (Å²) in [4.78, 5) is 10.9. The number of hydrogen-bond acceptors (Lipinski definition) is 1. The Morgan fingerprint density at radius 2 is 2.45 bits per heavy atom. The molecule has 0 amide bonds. The highest BCUT2D eigenvalue weighted by Crippen LogP contribution is 2.22. The summed E-state index contributed by atoms with van der Waals surface area (Å²) in [7, 11) is 0. The van der Waals surface area contributed by atoms with E-state index >= 15 is 0 Å². The van der Waals surface area contributed by atoms with E-state index in [2.05, 4.69) is 19.1 Å². The first-order chi connectivity index (χ1) is 5.33. The first-order valence-electron chi connectivity index (χ1n) is 4.51. The molecule has 11 heavy (non-hydrogen) atoms. The van der Waals surface area contributed by atoms with Crippen LogP contribution in [0.2, 0.25) is 0 Å². The van der Waals surface area contributed by atoms with E-state index in [0.717, 1.165) is 25.7 Å². The number of carbonyl (C=O) groups is 1. The number of unbranched alkanes of at least 4 members (excludes halogenated alkanes) is 1. The number of ketones is 1. The average molecular weight is 152 g/mol. The van der Waals surface area contributed by atoms with Gasteiger partial charge in [0.25, 0.3) is 0 Å². The van der Waals surface area contributed by atoms with Crippen molar-refractivity contribution < 1.29 is 4.79 Å². The predicted octanol–water partition coefficient (Wildman–Crippen LogP) is 2.71. The molecule has 1 heteroatoms. The number of Topliss-reactive ketones (excluding diaryl/α,β-unsaturated/α-hetero) is 1. The minimum absolute atomic E-state index is 0.441. The standard InChI is InChI=1S/C10H16O/c1-2-3-4-5-9-6-7-10(11)8-9/h4-5,9H,2-3,6-8H2,1H3/b5-4-. The quantitative estimate of drug-likeness (QED) is 0.568. The lowest BCUT2D eigenvalue weighted by atomic mass is 10.1. The molecule has 1 rings (SSSR count). The summed E-state index contributed by atoms with van der Waals surface area (Å²) in [5, 5.41) is 0. The van der Waals surface area contributed by atoms with E-state index in [9.17, 15) is 4.79 Å². The second-order valence-electron chi connectivity index (χ2n) is 3.26. The van der Waals surface area contributed by atoms with Crippen molar-refractivity contribution in [3.63, 3.8) is 0 Å². The fourth-order valence-corrected chi connectivity index (χ4v) is 1.46. The van der Waals surface area contributed by atoms with Gasteiger partial charge >= 0.3 is 0 Å². The monoisotopic (exact) mass is 152 g/mol. The lowest BCUT2D eigenvalue weighted by Gasteiger charge is -1.97. The van der Waals surface area contributed by atoms with E-state index in [1.165, 1.54) is 6.42 Å². The molecule has 0 N–H and O–H groups in total. The molecule has 1 fully saturated rings. The van der Waals surface area contributed by atoms with Gasteiger partial charge in [0.1, 0.15) is 5.78 Å². The van der Waals surface area contributed by atoms with Gasteiger partial charge in [0, 0.05) is 12.8 Å². The van der Waals surface area contributed by atoms with E-state index < -0.39 is 0 Å². The van der Waals surface area contributed by atoms with E-state index in [1.54, 1.807) is 0 Å². The molecule has 0 aromatic rings. The third kappa shape index (κ3) is 2.87. The Balaban J connectivity index is 2.22. The molecule has 62 valence electrons. The SMILES string of the molecule is CCC/C=C\C1CCC(=O)C1. The van der Waals surface area contributed by atoms with Crippen molar-refractivity contribution >= 4 is 5.78 Å². The van der Waals surface area contributed by atoms with Crippen LogP contribution in [0, 0.1) is 5.92 Å². The average Bonchev–Trinajstić information content (AvgIpc) is 2.37. The van der Waals surface area contributed by atoms with Crippen molar-refractivity contribution in [2.24, 2.45) is 5.92 Å². The highest BCUT2D eigenvalue weighted by Gasteiger charge is 2.18. The molecule has 0 saturated heterocycles. The molecule has 0 radical (unpaired) electrons. The van der Waals surface area contributed by atoms with Crippen LogP contribution < -0.4 is 0 Å². The molecule has 1 nitrogen and oxygen atoms in total. The second kappa shape index (κ2) is 4.32. The molecular formula is C10H16O. The lowest BCUT2D eigenvalue weighted by Crippen LogP contribution is -1.89. The summed E-state index contributed by atoms with van der Waals surface area (Å²) in [6.07, 6.45) is 9.47. The summed E-state index contributed by atoms with van der Waals surface area (Å²) >= 11 is 0. The van der Waals surface area contributed by atoms with Crippen LogP contribution in [0.4, 0.5) is 0 Å². The molecule has 1 aliphatic carbocycles. The molecule has 1 saturated carbocycles. The number of allylic oxidation sites excluding steroid dienone is 2. The van der Waals surface area contributed by atoms with Crippen LogP contribution in [0.5, 0.6) is 0 Å². The van der Waals surface area contributed by atoms with Crippen LogP contribution in [0.1, 0.15) is 39.0 Å². The van der Waals surface area contributed by atoms with Gasteiger partial charge in [0.15, 0.2) is 0 Å². The first kappa shape index (κ1) is 8.51. The van der Waals surface area contributed by atoms with Gasteiger partial charge in [-0.3, -0.25) is 4.79 Å². The number of hydrogen-bond donors (Lipinski definition) is 0. The van der Waals surface area contributed by atoms with Crippen molar-refractivity contribution in [1.82, 2.24) is 0 Å². The number of rotatable bonds is 3. The Labute approximate surface area is 68.5 Å². The molecule has 1 atom stereocenters. The van der Waals surface area contributed by atoms with E-state index in [4.69, 9.17) is 0 Å². The van der Waals surface area contributed by atoms with Crippen LogP contribution in [0.25, 0.3) is 0 Å². The van der Waals surface area contributed by atoms with Gasteiger partial charge in [0.2, 0.25) is 0 Å². The molecule has 0 aromatic carbocycles. The van der Waals surface area contributed by atoms with Crippen LogP contribution in [0.3, 0.4) is 0 Å². The van der Waals surface area contributed by atoms with Crippen LogP contribution in [-0.2, 0) is 4.79 Å². The Bertz CT molecular complexity index is 158. The summed E-state index contributed by atoms with van der Waals surface area (Å²) in [5.74, 6) is 1.00. The van der Waals surface area contributed by atoms with Gasteiger partial charge in [-0.05, 0) is 18.8 Å². The summed E-state index contributed by atoms with van der Waals surface area (Å²) in [6, 6.07) is 0. The fourth-order valence-electron chi connectivity index (χ4n) is 1.46.